The van der Waals surface area contributed by atoms with Crippen LogP contribution in [0.1, 0.15) is 39.9 Å². The quantitative estimate of drug-likeness (QED) is 0.805. The number of aliphatic hydroxyl groups is 1. The molecule has 1 aliphatic heterocycles. The van der Waals surface area contributed by atoms with E-state index in [9.17, 15) is 5.11 Å². The summed E-state index contributed by atoms with van der Waals surface area (Å²) in [7, 11) is 0. The van der Waals surface area contributed by atoms with Gasteiger partial charge in [-0.3, -0.25) is 0 Å². The topological polar surface area (TPSA) is 49.2 Å². The van der Waals surface area contributed by atoms with Gasteiger partial charge in [0.05, 0.1) is 6.10 Å². The Balaban J connectivity index is 2.28. The molecule has 0 spiro atoms. The Hall–Kier alpha value is -0.870. The van der Waals surface area contributed by atoms with E-state index in [1.807, 2.05) is 0 Å². The molecule has 0 aliphatic carbocycles. The summed E-state index contributed by atoms with van der Waals surface area (Å²) in [5.74, 6) is 1.87. The van der Waals surface area contributed by atoms with Crippen LogP contribution in [0.3, 0.4) is 0 Å². The van der Waals surface area contributed by atoms with Crippen LogP contribution in [0.5, 0.6) is 0 Å². The maximum atomic E-state index is 9.80. The fraction of sp³-hybridized carbons (Fsp3) is 0.714. The van der Waals surface area contributed by atoms with Crippen LogP contribution in [0.2, 0.25) is 5.15 Å². The molecule has 2 atom stereocenters. The van der Waals surface area contributed by atoms with Gasteiger partial charge in [0.2, 0.25) is 0 Å². The van der Waals surface area contributed by atoms with Crippen molar-refractivity contribution >= 4 is 17.4 Å². The molecule has 1 aromatic rings. The minimum atomic E-state index is -0.212. The highest BCUT2D eigenvalue weighted by molar-refractivity contribution is 6.29. The average Bonchev–Trinajstić information content (AvgIpc) is 2.31. The first kappa shape index (κ1) is 14.5. The lowest BCUT2D eigenvalue weighted by Gasteiger charge is -2.35. The van der Waals surface area contributed by atoms with Crippen LogP contribution in [0.25, 0.3) is 0 Å². The van der Waals surface area contributed by atoms with Crippen molar-refractivity contribution in [2.45, 2.75) is 45.6 Å². The third kappa shape index (κ3) is 3.37. The fourth-order valence-corrected chi connectivity index (χ4v) is 2.42. The van der Waals surface area contributed by atoms with E-state index in [-0.39, 0.29) is 17.4 Å². The van der Waals surface area contributed by atoms with Gasteiger partial charge in [0, 0.05) is 24.6 Å². The van der Waals surface area contributed by atoms with Gasteiger partial charge in [0.25, 0.3) is 0 Å². The normalized spacial score (nSPS) is 24.6. The summed E-state index contributed by atoms with van der Waals surface area (Å²) in [4.78, 5) is 11.1. The van der Waals surface area contributed by atoms with Crippen LogP contribution in [-0.2, 0) is 5.41 Å². The van der Waals surface area contributed by atoms with Crippen molar-refractivity contribution in [3.8, 4) is 0 Å². The molecule has 0 radical (unpaired) electrons. The van der Waals surface area contributed by atoms with E-state index in [0.29, 0.717) is 5.15 Å². The van der Waals surface area contributed by atoms with Gasteiger partial charge in [0.1, 0.15) is 16.8 Å². The molecule has 4 nitrogen and oxygen atoms in total. The van der Waals surface area contributed by atoms with Crippen LogP contribution in [-0.4, -0.2) is 34.3 Å². The Morgan fingerprint density at radius 3 is 2.63 bits per heavy atom. The minimum Gasteiger partial charge on any atom is -0.393 e. The molecule has 5 heteroatoms. The number of piperidine rings is 1. The van der Waals surface area contributed by atoms with Gasteiger partial charge >= 0.3 is 0 Å². The first-order chi connectivity index (χ1) is 8.77. The third-order valence-electron chi connectivity index (χ3n) is 3.54. The standard InChI is InChI=1S/C14H22ClN3O/c1-9-8-18(6-5-10(9)19)12-7-11(15)16-13(17-12)14(2,3)4/h7,9-10,19H,5-6,8H2,1-4H3. The molecule has 2 heterocycles. The monoisotopic (exact) mass is 283 g/mol. The molecule has 0 bridgehead atoms. The van der Waals surface area contributed by atoms with E-state index in [1.54, 1.807) is 6.07 Å². The van der Waals surface area contributed by atoms with Gasteiger partial charge in [-0.25, -0.2) is 9.97 Å². The molecule has 0 aromatic carbocycles. The van der Waals surface area contributed by atoms with E-state index < -0.39 is 0 Å². The lowest BCUT2D eigenvalue weighted by atomic mass is 9.95. The van der Waals surface area contributed by atoms with E-state index in [4.69, 9.17) is 11.6 Å². The zero-order valence-corrected chi connectivity index (χ0v) is 12.8. The number of aromatic nitrogens is 2. The van der Waals surface area contributed by atoms with Gasteiger partial charge < -0.3 is 10.0 Å². The second-order valence-electron chi connectivity index (χ2n) is 6.40. The molecule has 2 unspecified atom stereocenters. The zero-order chi connectivity index (χ0) is 14.2. The molecular weight excluding hydrogens is 262 g/mol. The predicted octanol–water partition coefficient (Wildman–Crippen LogP) is 2.63. The smallest absolute Gasteiger partial charge is 0.137 e. The predicted molar refractivity (Wildman–Crippen MR) is 77.7 cm³/mol. The highest BCUT2D eigenvalue weighted by Crippen LogP contribution is 2.27. The first-order valence-corrected chi connectivity index (χ1v) is 7.13. The maximum Gasteiger partial charge on any atom is 0.137 e. The molecule has 1 aliphatic rings. The van der Waals surface area contributed by atoms with E-state index in [2.05, 4.69) is 42.6 Å². The molecule has 2 rings (SSSR count). The van der Waals surface area contributed by atoms with Gasteiger partial charge in [-0.1, -0.05) is 39.3 Å². The van der Waals surface area contributed by atoms with Crippen molar-refractivity contribution in [3.63, 3.8) is 0 Å². The van der Waals surface area contributed by atoms with Crippen molar-refractivity contribution in [1.29, 1.82) is 0 Å². The summed E-state index contributed by atoms with van der Waals surface area (Å²) >= 11 is 6.11. The molecule has 19 heavy (non-hydrogen) atoms. The van der Waals surface area contributed by atoms with Crippen LogP contribution < -0.4 is 4.90 Å². The molecule has 1 N–H and O–H groups in total. The molecule has 0 amide bonds. The first-order valence-electron chi connectivity index (χ1n) is 6.75. The van der Waals surface area contributed by atoms with Crippen LogP contribution in [0.15, 0.2) is 6.07 Å². The van der Waals surface area contributed by atoms with Gasteiger partial charge in [0.15, 0.2) is 0 Å². The fourth-order valence-electron chi connectivity index (χ4n) is 2.24. The SMILES string of the molecule is CC1CN(c2cc(Cl)nc(C(C)(C)C)n2)CCC1O. The summed E-state index contributed by atoms with van der Waals surface area (Å²) in [6.45, 7) is 9.89. The molecule has 0 saturated carbocycles. The number of aliphatic hydroxyl groups excluding tert-OH is 1. The van der Waals surface area contributed by atoms with Crippen LogP contribution in [0.4, 0.5) is 5.82 Å². The lowest BCUT2D eigenvalue weighted by Crippen LogP contribution is -2.42. The van der Waals surface area contributed by atoms with E-state index in [0.717, 1.165) is 31.2 Å². The minimum absolute atomic E-state index is 0.124. The molecule has 1 aromatic heterocycles. The molecular formula is C14H22ClN3O. The van der Waals surface area contributed by atoms with E-state index in [1.165, 1.54) is 0 Å². The third-order valence-corrected chi connectivity index (χ3v) is 3.73. The van der Waals surface area contributed by atoms with Crippen LogP contribution in [0, 0.1) is 5.92 Å². The lowest BCUT2D eigenvalue weighted by molar-refractivity contribution is 0.0968. The maximum absolute atomic E-state index is 9.80. The van der Waals surface area contributed by atoms with Crippen molar-refractivity contribution in [1.82, 2.24) is 9.97 Å². The highest BCUT2D eigenvalue weighted by atomic mass is 35.5. The summed E-state index contributed by atoms with van der Waals surface area (Å²) < 4.78 is 0. The number of halogens is 1. The Kier molecular flexibility index (Phi) is 4.02. The van der Waals surface area contributed by atoms with E-state index >= 15 is 0 Å². The molecule has 1 saturated heterocycles. The Bertz CT molecular complexity index is 458. The number of rotatable bonds is 1. The summed E-state index contributed by atoms with van der Waals surface area (Å²) in [5.41, 5.74) is -0.124. The van der Waals surface area contributed by atoms with Crippen molar-refractivity contribution in [2.24, 2.45) is 5.92 Å². The Morgan fingerprint density at radius 1 is 1.37 bits per heavy atom. The van der Waals surface area contributed by atoms with Gasteiger partial charge in [-0.05, 0) is 12.3 Å². The summed E-state index contributed by atoms with van der Waals surface area (Å²) in [6, 6.07) is 1.81. The van der Waals surface area contributed by atoms with Gasteiger partial charge in [-0.15, -0.1) is 0 Å². The number of hydrogen-bond donors (Lipinski definition) is 1. The second-order valence-corrected chi connectivity index (χ2v) is 6.79. The molecule has 106 valence electrons. The van der Waals surface area contributed by atoms with Gasteiger partial charge in [-0.2, -0.15) is 0 Å². The second kappa shape index (κ2) is 5.25. The van der Waals surface area contributed by atoms with Crippen molar-refractivity contribution in [2.75, 3.05) is 18.0 Å². The Morgan fingerprint density at radius 2 is 2.05 bits per heavy atom. The Labute approximate surface area is 119 Å². The average molecular weight is 284 g/mol. The number of hydrogen-bond acceptors (Lipinski definition) is 4. The summed E-state index contributed by atoms with van der Waals surface area (Å²) in [5, 5.41) is 10.3. The van der Waals surface area contributed by atoms with Crippen LogP contribution >= 0.6 is 11.6 Å². The van der Waals surface area contributed by atoms with Crippen molar-refractivity contribution < 1.29 is 5.11 Å². The molecule has 1 fully saturated rings. The largest absolute Gasteiger partial charge is 0.393 e. The highest BCUT2D eigenvalue weighted by Gasteiger charge is 2.26. The summed E-state index contributed by atoms with van der Waals surface area (Å²) in [6.07, 6.45) is 0.559. The number of anilines is 1. The zero-order valence-electron chi connectivity index (χ0n) is 12.0. The number of nitrogens with zero attached hydrogens (tertiary/aromatic N) is 3. The van der Waals surface area contributed by atoms with Crippen molar-refractivity contribution in [3.05, 3.63) is 17.0 Å².